The van der Waals surface area contributed by atoms with Crippen molar-refractivity contribution in [3.8, 4) is 6.07 Å². The second-order valence-electron chi connectivity index (χ2n) is 5.32. The second kappa shape index (κ2) is 4.47. The molecule has 2 heterocycles. The first-order valence-corrected chi connectivity index (χ1v) is 6.42. The van der Waals surface area contributed by atoms with Crippen LogP contribution in [-0.2, 0) is 9.47 Å². The normalized spacial score (nSPS) is 19.1. The average Bonchev–Trinajstić information content (AvgIpc) is 2.74. The molecule has 0 spiro atoms. The Morgan fingerprint density at radius 3 is 2.75 bits per heavy atom. The molecule has 2 aromatic rings. The van der Waals surface area contributed by atoms with Crippen LogP contribution in [0.3, 0.4) is 0 Å². The molecule has 0 bridgehead atoms. The molecule has 6 nitrogen and oxygen atoms in total. The molecule has 0 aliphatic carbocycles. The molecule has 0 amide bonds. The molecule has 0 atom stereocenters. The van der Waals surface area contributed by atoms with E-state index in [1.165, 1.54) is 0 Å². The summed E-state index contributed by atoms with van der Waals surface area (Å²) in [6.45, 7) is 4.53. The fourth-order valence-electron chi connectivity index (χ4n) is 2.40. The van der Waals surface area contributed by atoms with Crippen molar-refractivity contribution >= 4 is 11.0 Å². The number of nitriles is 1. The number of H-pyrrole nitrogens is 1. The summed E-state index contributed by atoms with van der Waals surface area (Å²) in [6, 6.07) is 7.02. The molecule has 1 aliphatic rings. The van der Waals surface area contributed by atoms with Crippen molar-refractivity contribution < 1.29 is 9.47 Å². The van der Waals surface area contributed by atoms with E-state index in [0.29, 0.717) is 24.3 Å². The van der Waals surface area contributed by atoms with Gasteiger partial charge in [-0.25, -0.2) is 4.79 Å². The van der Waals surface area contributed by atoms with Gasteiger partial charge < -0.3 is 14.5 Å². The predicted molar refractivity (Wildman–Crippen MR) is 72.3 cm³/mol. The maximum Gasteiger partial charge on any atom is 0.326 e. The van der Waals surface area contributed by atoms with E-state index in [1.807, 2.05) is 13.8 Å². The number of fused-ring (bicyclic) bond motifs is 1. The zero-order valence-electron chi connectivity index (χ0n) is 11.3. The van der Waals surface area contributed by atoms with Gasteiger partial charge in [0.25, 0.3) is 0 Å². The summed E-state index contributed by atoms with van der Waals surface area (Å²) in [5, 5.41) is 8.89. The molecule has 1 aliphatic heterocycles. The summed E-state index contributed by atoms with van der Waals surface area (Å²) in [5.74, 6) is -0.611. The minimum absolute atomic E-state index is 0.169. The standard InChI is InChI=1S/C14H15N3O3/c1-14(2)19-7-10(8-20-14)17-12-4-3-9(6-15)5-11(12)16-13(17)18/h3-5,10H,7-8H2,1-2H3,(H,16,18). The fourth-order valence-corrected chi connectivity index (χ4v) is 2.40. The lowest BCUT2D eigenvalue weighted by molar-refractivity contribution is -0.258. The molecule has 3 rings (SSSR count). The number of ether oxygens (including phenoxy) is 2. The summed E-state index contributed by atoms with van der Waals surface area (Å²) in [7, 11) is 0. The lowest BCUT2D eigenvalue weighted by atomic mass is 10.2. The van der Waals surface area contributed by atoms with Crippen molar-refractivity contribution in [1.82, 2.24) is 9.55 Å². The Morgan fingerprint density at radius 2 is 2.10 bits per heavy atom. The van der Waals surface area contributed by atoms with Crippen molar-refractivity contribution in [3.63, 3.8) is 0 Å². The van der Waals surface area contributed by atoms with Gasteiger partial charge in [0, 0.05) is 0 Å². The third-order valence-corrected chi connectivity index (χ3v) is 3.46. The zero-order valence-corrected chi connectivity index (χ0v) is 11.3. The number of nitrogens with one attached hydrogen (secondary N) is 1. The molecule has 1 aromatic carbocycles. The van der Waals surface area contributed by atoms with Crippen molar-refractivity contribution in [1.29, 1.82) is 5.26 Å². The fraction of sp³-hybridized carbons (Fsp3) is 0.429. The maximum atomic E-state index is 12.1. The van der Waals surface area contributed by atoms with Gasteiger partial charge in [-0.1, -0.05) is 0 Å². The Labute approximate surface area is 115 Å². The van der Waals surface area contributed by atoms with Crippen LogP contribution < -0.4 is 5.69 Å². The van der Waals surface area contributed by atoms with Gasteiger partial charge >= 0.3 is 5.69 Å². The minimum Gasteiger partial charge on any atom is -0.348 e. The third kappa shape index (κ3) is 2.11. The second-order valence-corrected chi connectivity index (χ2v) is 5.32. The molecule has 104 valence electrons. The van der Waals surface area contributed by atoms with E-state index in [2.05, 4.69) is 11.1 Å². The van der Waals surface area contributed by atoms with Crippen molar-refractivity contribution in [2.45, 2.75) is 25.7 Å². The van der Waals surface area contributed by atoms with Crippen LogP contribution in [0, 0.1) is 11.3 Å². The molecular weight excluding hydrogens is 258 g/mol. The quantitative estimate of drug-likeness (QED) is 0.854. The van der Waals surface area contributed by atoms with Crippen LogP contribution in [-0.4, -0.2) is 28.6 Å². The van der Waals surface area contributed by atoms with E-state index in [4.69, 9.17) is 14.7 Å². The Morgan fingerprint density at radius 1 is 1.40 bits per heavy atom. The summed E-state index contributed by atoms with van der Waals surface area (Å²) in [5.41, 5.74) is 1.71. The monoisotopic (exact) mass is 273 g/mol. The van der Waals surface area contributed by atoms with E-state index in [9.17, 15) is 4.79 Å². The van der Waals surface area contributed by atoms with Gasteiger partial charge in [0.15, 0.2) is 5.79 Å². The smallest absolute Gasteiger partial charge is 0.326 e. The average molecular weight is 273 g/mol. The van der Waals surface area contributed by atoms with Gasteiger partial charge in [-0.3, -0.25) is 4.57 Å². The number of rotatable bonds is 1. The van der Waals surface area contributed by atoms with Crippen LogP contribution in [0.4, 0.5) is 0 Å². The minimum atomic E-state index is -0.611. The van der Waals surface area contributed by atoms with Crippen molar-refractivity contribution in [3.05, 3.63) is 34.2 Å². The van der Waals surface area contributed by atoms with Crippen LogP contribution in [0.5, 0.6) is 0 Å². The molecule has 0 unspecified atom stereocenters. The van der Waals surface area contributed by atoms with Gasteiger partial charge in [0.2, 0.25) is 0 Å². The van der Waals surface area contributed by atoms with Gasteiger partial charge in [0.05, 0.1) is 41.9 Å². The summed E-state index contributed by atoms with van der Waals surface area (Å²) in [4.78, 5) is 14.9. The molecule has 20 heavy (non-hydrogen) atoms. The number of aromatic nitrogens is 2. The van der Waals surface area contributed by atoms with Crippen LogP contribution >= 0.6 is 0 Å². The molecule has 1 saturated heterocycles. The lowest BCUT2D eigenvalue weighted by Crippen LogP contribution is -2.42. The van der Waals surface area contributed by atoms with E-state index >= 15 is 0 Å². The maximum absolute atomic E-state index is 12.1. The Hall–Kier alpha value is -2.10. The SMILES string of the molecule is CC1(C)OCC(n2c(=O)[nH]c3cc(C#N)ccc32)CO1. The molecule has 1 N–H and O–H groups in total. The first-order valence-electron chi connectivity index (χ1n) is 6.42. The van der Waals surface area contributed by atoms with Crippen LogP contribution in [0.2, 0.25) is 0 Å². The zero-order chi connectivity index (χ0) is 14.3. The lowest BCUT2D eigenvalue weighted by Gasteiger charge is -2.35. The molecule has 1 fully saturated rings. The number of hydrogen-bond donors (Lipinski definition) is 1. The van der Waals surface area contributed by atoms with Gasteiger partial charge in [0.1, 0.15) is 0 Å². The van der Waals surface area contributed by atoms with Crippen molar-refractivity contribution in [2.24, 2.45) is 0 Å². The first-order chi connectivity index (χ1) is 9.50. The van der Waals surface area contributed by atoms with Crippen LogP contribution in [0.1, 0.15) is 25.5 Å². The van der Waals surface area contributed by atoms with Crippen molar-refractivity contribution in [2.75, 3.05) is 13.2 Å². The number of hydrogen-bond acceptors (Lipinski definition) is 4. The van der Waals surface area contributed by atoms with E-state index in [-0.39, 0.29) is 11.7 Å². The van der Waals surface area contributed by atoms with Crippen LogP contribution in [0.15, 0.2) is 23.0 Å². The number of imidazole rings is 1. The molecular formula is C14H15N3O3. The molecule has 0 saturated carbocycles. The molecule has 6 heteroatoms. The predicted octanol–water partition coefficient (Wildman–Crippen LogP) is 1.53. The molecule has 0 radical (unpaired) electrons. The molecule has 1 aromatic heterocycles. The van der Waals surface area contributed by atoms with E-state index in [0.717, 1.165) is 5.52 Å². The van der Waals surface area contributed by atoms with Gasteiger partial charge in [-0.05, 0) is 32.0 Å². The summed E-state index contributed by atoms with van der Waals surface area (Å²) in [6.07, 6.45) is 0. The highest BCUT2D eigenvalue weighted by molar-refractivity contribution is 5.77. The Balaban J connectivity index is 2.02. The Kier molecular flexibility index (Phi) is 2.89. The topological polar surface area (TPSA) is 80.0 Å². The summed E-state index contributed by atoms with van der Waals surface area (Å²) < 4.78 is 12.8. The number of nitrogens with zero attached hydrogens (tertiary/aromatic N) is 2. The highest BCUT2D eigenvalue weighted by atomic mass is 16.7. The highest BCUT2D eigenvalue weighted by Crippen LogP contribution is 2.25. The number of benzene rings is 1. The van der Waals surface area contributed by atoms with Gasteiger partial charge in [-0.2, -0.15) is 5.26 Å². The van der Waals surface area contributed by atoms with Gasteiger partial charge in [-0.15, -0.1) is 0 Å². The van der Waals surface area contributed by atoms with E-state index in [1.54, 1.807) is 22.8 Å². The van der Waals surface area contributed by atoms with E-state index < -0.39 is 5.79 Å². The summed E-state index contributed by atoms with van der Waals surface area (Å²) >= 11 is 0. The first kappa shape index (κ1) is 12.9. The Bertz CT molecular complexity index is 741. The largest absolute Gasteiger partial charge is 0.348 e. The van der Waals surface area contributed by atoms with Crippen LogP contribution in [0.25, 0.3) is 11.0 Å². The highest BCUT2D eigenvalue weighted by Gasteiger charge is 2.30. The third-order valence-electron chi connectivity index (χ3n) is 3.46. The number of aromatic amines is 1.